The second kappa shape index (κ2) is 10.2. The van der Waals surface area contributed by atoms with Crippen LogP contribution in [0.1, 0.15) is 30.9 Å². The molecule has 0 aliphatic carbocycles. The number of hydrogen-bond acceptors (Lipinski definition) is 3. The van der Waals surface area contributed by atoms with Crippen molar-refractivity contribution >= 4 is 17.7 Å². The standard InChI is InChI=1S/C24H31N5O2/c1-2-25-23(27-17-21-15-19-9-3-4-11-22(19)31-21)26-16-18-8-7-10-20(14-18)28-24(30)29-12-5-6-13-29/h3-4,7-11,14,21H,2,5-6,12-13,15-17H2,1H3,(H,28,30)(H2,25,26,27). The molecule has 164 valence electrons. The molecule has 1 atom stereocenters. The van der Waals surface area contributed by atoms with Crippen LogP contribution in [-0.2, 0) is 13.0 Å². The molecule has 4 rings (SSSR count). The average Bonchev–Trinajstić information content (AvgIpc) is 3.46. The highest BCUT2D eigenvalue weighted by atomic mass is 16.5. The van der Waals surface area contributed by atoms with Gasteiger partial charge in [0.15, 0.2) is 5.96 Å². The lowest BCUT2D eigenvalue weighted by Gasteiger charge is -2.17. The quantitative estimate of drug-likeness (QED) is 0.494. The van der Waals surface area contributed by atoms with Crippen LogP contribution in [0.5, 0.6) is 5.75 Å². The Morgan fingerprint density at radius 2 is 1.97 bits per heavy atom. The minimum atomic E-state index is -0.0225. The first-order valence-corrected chi connectivity index (χ1v) is 11.1. The van der Waals surface area contributed by atoms with E-state index in [2.05, 4.69) is 22.0 Å². The van der Waals surface area contributed by atoms with Gasteiger partial charge in [-0.25, -0.2) is 9.79 Å². The fraction of sp³-hybridized carbons (Fsp3) is 0.417. The van der Waals surface area contributed by atoms with E-state index in [1.54, 1.807) is 0 Å². The molecule has 2 aromatic carbocycles. The Morgan fingerprint density at radius 3 is 2.77 bits per heavy atom. The van der Waals surface area contributed by atoms with E-state index in [9.17, 15) is 4.79 Å². The van der Waals surface area contributed by atoms with Gasteiger partial charge in [-0.05, 0) is 49.1 Å². The number of likely N-dealkylation sites (tertiary alicyclic amines) is 1. The fourth-order valence-corrected chi connectivity index (χ4v) is 3.96. The van der Waals surface area contributed by atoms with Crippen molar-refractivity contribution < 1.29 is 9.53 Å². The number of para-hydroxylation sites is 1. The van der Waals surface area contributed by atoms with Crippen molar-refractivity contribution in [1.82, 2.24) is 15.5 Å². The maximum Gasteiger partial charge on any atom is 0.321 e. The highest BCUT2D eigenvalue weighted by Gasteiger charge is 2.22. The first-order chi connectivity index (χ1) is 15.2. The Bertz CT molecular complexity index is 899. The van der Waals surface area contributed by atoms with Crippen molar-refractivity contribution in [3.63, 3.8) is 0 Å². The van der Waals surface area contributed by atoms with Crippen molar-refractivity contribution in [3.8, 4) is 5.75 Å². The topological polar surface area (TPSA) is 78.0 Å². The third-order valence-electron chi connectivity index (χ3n) is 5.55. The van der Waals surface area contributed by atoms with Gasteiger partial charge in [-0.2, -0.15) is 0 Å². The Morgan fingerprint density at radius 1 is 1.13 bits per heavy atom. The van der Waals surface area contributed by atoms with Crippen molar-refractivity contribution in [2.24, 2.45) is 4.99 Å². The largest absolute Gasteiger partial charge is 0.488 e. The number of aliphatic imine (C=N–C) groups is 1. The zero-order valence-corrected chi connectivity index (χ0v) is 18.1. The lowest BCUT2D eigenvalue weighted by molar-refractivity contribution is 0.222. The Hall–Kier alpha value is -3.22. The van der Waals surface area contributed by atoms with Gasteiger partial charge in [0.25, 0.3) is 0 Å². The number of nitrogens with one attached hydrogen (secondary N) is 3. The molecule has 7 nitrogen and oxygen atoms in total. The summed E-state index contributed by atoms with van der Waals surface area (Å²) in [5, 5.41) is 9.68. The van der Waals surface area contributed by atoms with E-state index in [0.717, 1.165) is 61.9 Å². The molecule has 1 unspecified atom stereocenters. The summed E-state index contributed by atoms with van der Waals surface area (Å²) in [6.45, 7) is 5.71. The van der Waals surface area contributed by atoms with E-state index in [0.29, 0.717) is 13.1 Å². The molecule has 2 heterocycles. The van der Waals surface area contributed by atoms with Gasteiger partial charge in [0.1, 0.15) is 11.9 Å². The van der Waals surface area contributed by atoms with E-state index in [1.807, 2.05) is 54.3 Å². The molecule has 7 heteroatoms. The van der Waals surface area contributed by atoms with Crippen LogP contribution in [0.25, 0.3) is 0 Å². The normalized spacial score (nSPS) is 17.8. The molecule has 0 bridgehead atoms. The van der Waals surface area contributed by atoms with Gasteiger partial charge in [0.2, 0.25) is 0 Å². The lowest BCUT2D eigenvalue weighted by Crippen LogP contribution is -2.42. The van der Waals surface area contributed by atoms with Crippen molar-refractivity contribution in [1.29, 1.82) is 0 Å². The minimum Gasteiger partial charge on any atom is -0.488 e. The van der Waals surface area contributed by atoms with Gasteiger partial charge in [0, 0.05) is 31.7 Å². The summed E-state index contributed by atoms with van der Waals surface area (Å²) >= 11 is 0. The molecule has 0 spiro atoms. The van der Waals surface area contributed by atoms with Gasteiger partial charge in [-0.1, -0.05) is 30.3 Å². The van der Waals surface area contributed by atoms with E-state index in [-0.39, 0.29) is 12.1 Å². The Labute approximate surface area is 183 Å². The molecular formula is C24H31N5O2. The summed E-state index contributed by atoms with van der Waals surface area (Å²) in [4.78, 5) is 18.9. The molecule has 0 saturated carbocycles. The SMILES string of the molecule is CCNC(=NCc1cccc(NC(=O)N2CCCC2)c1)NCC1Cc2ccccc2O1. The first-order valence-electron chi connectivity index (χ1n) is 11.1. The van der Waals surface area contributed by atoms with Crippen LogP contribution in [0.4, 0.5) is 10.5 Å². The average molecular weight is 422 g/mol. The number of benzene rings is 2. The van der Waals surface area contributed by atoms with Gasteiger partial charge >= 0.3 is 6.03 Å². The number of nitrogens with zero attached hydrogens (tertiary/aromatic N) is 2. The molecule has 0 radical (unpaired) electrons. The number of urea groups is 1. The monoisotopic (exact) mass is 421 g/mol. The summed E-state index contributed by atoms with van der Waals surface area (Å²) in [7, 11) is 0. The number of anilines is 1. The summed E-state index contributed by atoms with van der Waals surface area (Å²) in [6, 6.07) is 16.0. The molecule has 0 aromatic heterocycles. The van der Waals surface area contributed by atoms with Crippen LogP contribution in [-0.4, -0.2) is 49.2 Å². The van der Waals surface area contributed by atoms with E-state index >= 15 is 0 Å². The molecule has 2 aliphatic rings. The van der Waals surface area contributed by atoms with E-state index in [1.165, 1.54) is 5.56 Å². The van der Waals surface area contributed by atoms with Crippen LogP contribution in [0.15, 0.2) is 53.5 Å². The molecule has 2 amide bonds. The third-order valence-corrected chi connectivity index (χ3v) is 5.55. The predicted octanol–water partition coefficient (Wildman–Crippen LogP) is 3.37. The van der Waals surface area contributed by atoms with Gasteiger partial charge in [0.05, 0.1) is 13.1 Å². The number of amides is 2. The maximum atomic E-state index is 12.3. The summed E-state index contributed by atoms with van der Waals surface area (Å²) in [5.41, 5.74) is 3.10. The van der Waals surface area contributed by atoms with Crippen molar-refractivity contribution in [3.05, 3.63) is 59.7 Å². The molecule has 1 fully saturated rings. The zero-order chi connectivity index (χ0) is 21.5. The highest BCUT2D eigenvalue weighted by molar-refractivity contribution is 5.89. The number of carbonyl (C=O) groups excluding carboxylic acids is 1. The second-order valence-corrected chi connectivity index (χ2v) is 7.95. The van der Waals surface area contributed by atoms with E-state index in [4.69, 9.17) is 9.73 Å². The van der Waals surface area contributed by atoms with Crippen LogP contribution in [0.2, 0.25) is 0 Å². The van der Waals surface area contributed by atoms with Gasteiger partial charge in [-0.3, -0.25) is 0 Å². The van der Waals surface area contributed by atoms with Crippen molar-refractivity contribution in [2.75, 3.05) is 31.5 Å². The van der Waals surface area contributed by atoms with Crippen LogP contribution in [0.3, 0.4) is 0 Å². The van der Waals surface area contributed by atoms with Gasteiger partial charge in [-0.15, -0.1) is 0 Å². The molecule has 3 N–H and O–H groups in total. The smallest absolute Gasteiger partial charge is 0.321 e. The van der Waals surface area contributed by atoms with Crippen molar-refractivity contribution in [2.45, 2.75) is 38.8 Å². The molecule has 1 saturated heterocycles. The summed E-state index contributed by atoms with van der Waals surface area (Å²) in [5.74, 6) is 1.73. The fourth-order valence-electron chi connectivity index (χ4n) is 3.96. The number of fused-ring (bicyclic) bond motifs is 1. The molecule has 2 aliphatic heterocycles. The molecule has 31 heavy (non-hydrogen) atoms. The number of rotatable bonds is 6. The summed E-state index contributed by atoms with van der Waals surface area (Å²) in [6.07, 6.45) is 3.17. The van der Waals surface area contributed by atoms with Crippen LogP contribution in [0, 0.1) is 0 Å². The second-order valence-electron chi connectivity index (χ2n) is 7.95. The number of hydrogen-bond donors (Lipinski definition) is 3. The first kappa shape index (κ1) is 21.0. The summed E-state index contributed by atoms with van der Waals surface area (Å²) < 4.78 is 6.00. The predicted molar refractivity (Wildman–Crippen MR) is 124 cm³/mol. The number of ether oxygens (including phenoxy) is 1. The third kappa shape index (κ3) is 5.69. The van der Waals surface area contributed by atoms with Crippen LogP contribution >= 0.6 is 0 Å². The Balaban J connectivity index is 1.31. The minimum absolute atomic E-state index is 0.0225. The Kier molecular flexibility index (Phi) is 6.92. The number of carbonyl (C=O) groups is 1. The maximum absolute atomic E-state index is 12.3. The van der Waals surface area contributed by atoms with Gasteiger partial charge < -0.3 is 25.6 Å². The lowest BCUT2D eigenvalue weighted by atomic mass is 10.1. The van der Waals surface area contributed by atoms with E-state index < -0.39 is 0 Å². The molecular weight excluding hydrogens is 390 g/mol. The zero-order valence-electron chi connectivity index (χ0n) is 18.1. The number of guanidine groups is 1. The highest BCUT2D eigenvalue weighted by Crippen LogP contribution is 2.27. The molecule has 2 aromatic rings. The van der Waals surface area contributed by atoms with Crippen LogP contribution < -0.4 is 20.7 Å².